The molecule has 0 saturated heterocycles. The summed E-state index contributed by atoms with van der Waals surface area (Å²) in [5.74, 6) is -8.35. The highest BCUT2D eigenvalue weighted by atomic mass is 16.4. The van der Waals surface area contributed by atoms with Crippen LogP contribution in [0.4, 0.5) is 0 Å². The van der Waals surface area contributed by atoms with E-state index in [0.29, 0.717) is 0 Å². The number of rotatable bonds is 21. The van der Waals surface area contributed by atoms with E-state index in [0.717, 1.165) is 6.92 Å². The van der Waals surface area contributed by atoms with Crippen LogP contribution in [-0.2, 0) is 38.4 Å². The number of hydrogen-bond donors (Lipinski definition) is 12. The van der Waals surface area contributed by atoms with E-state index in [9.17, 15) is 53.7 Å². The fourth-order valence-corrected chi connectivity index (χ4v) is 3.81. The first-order valence-corrected chi connectivity index (χ1v) is 14.7. The monoisotopic (exact) mass is 676 g/mol. The summed E-state index contributed by atoms with van der Waals surface area (Å²) in [4.78, 5) is 98.9. The fourth-order valence-electron chi connectivity index (χ4n) is 3.81. The van der Waals surface area contributed by atoms with Crippen molar-refractivity contribution in [2.45, 2.75) is 102 Å². The van der Waals surface area contributed by atoms with Crippen LogP contribution < -0.4 is 43.4 Å². The van der Waals surface area contributed by atoms with E-state index in [4.69, 9.17) is 16.6 Å². The molecule has 0 aliphatic heterocycles. The van der Waals surface area contributed by atoms with Gasteiger partial charge in [-0.1, -0.05) is 13.8 Å². The molecule has 0 bridgehead atoms. The number of aliphatic hydroxyl groups is 3. The van der Waals surface area contributed by atoms with Gasteiger partial charge in [0.2, 0.25) is 41.4 Å². The van der Waals surface area contributed by atoms with Crippen LogP contribution in [0.1, 0.15) is 53.9 Å². The topological polar surface area (TPSA) is 342 Å². The van der Waals surface area contributed by atoms with Crippen molar-refractivity contribution in [2.75, 3.05) is 13.2 Å². The predicted octanol–water partition coefficient (Wildman–Crippen LogP) is -5.98. The zero-order chi connectivity index (χ0) is 36.6. The lowest BCUT2D eigenvalue weighted by Crippen LogP contribution is -2.62. The fraction of sp³-hybridized carbons (Fsp3) is 0.704. The smallest absolute Gasteiger partial charge is 0.328 e. The molecule has 14 N–H and O–H groups in total. The molecule has 0 aliphatic carbocycles. The largest absolute Gasteiger partial charge is 0.480 e. The Labute approximate surface area is 271 Å². The van der Waals surface area contributed by atoms with Gasteiger partial charge in [-0.2, -0.15) is 0 Å². The van der Waals surface area contributed by atoms with E-state index in [2.05, 4.69) is 26.6 Å². The van der Waals surface area contributed by atoms with Crippen molar-refractivity contribution in [2.24, 2.45) is 17.4 Å². The number of carboxylic acid groups (broad SMARTS) is 1. The maximum absolute atomic E-state index is 13.3. The average molecular weight is 677 g/mol. The number of primary amides is 1. The normalized spacial score (nSPS) is 16.1. The predicted molar refractivity (Wildman–Crippen MR) is 162 cm³/mol. The van der Waals surface area contributed by atoms with Crippen molar-refractivity contribution >= 4 is 47.3 Å². The standard InChI is InChI=1S/C27H48N8O12/c1-11(2)8-16(24(43)31-15(6-7-19(29)39)23(42)34-18(10-37)27(46)47)32-26(45)20(14(5)38)35-25(44)17(9-36)33-22(41)13(4)30-21(40)12(3)28/h11-18,20,36-38H,6-10,28H2,1-5H3,(H2,29,39)(H,30,40)(H,31,43)(H,32,45)(H,33,41)(H,34,42)(H,35,44)(H,46,47)/t12-,13-,14+,15-,16-,17-,18-,20-/m0/s1. The number of aliphatic carboxylic acids is 1. The van der Waals surface area contributed by atoms with Crippen LogP contribution in [0.5, 0.6) is 0 Å². The van der Waals surface area contributed by atoms with Crippen LogP contribution in [0.15, 0.2) is 0 Å². The molecule has 8 atom stereocenters. The molecule has 0 rings (SSSR count). The third-order valence-corrected chi connectivity index (χ3v) is 6.49. The van der Waals surface area contributed by atoms with Crippen molar-refractivity contribution in [3.63, 3.8) is 0 Å². The highest BCUT2D eigenvalue weighted by Crippen LogP contribution is 2.09. The minimum atomic E-state index is -1.72. The van der Waals surface area contributed by atoms with Crippen molar-refractivity contribution in [1.29, 1.82) is 0 Å². The molecule has 0 spiro atoms. The minimum absolute atomic E-state index is 0.0308. The second kappa shape index (κ2) is 20.7. The van der Waals surface area contributed by atoms with Crippen molar-refractivity contribution in [3.05, 3.63) is 0 Å². The zero-order valence-electron chi connectivity index (χ0n) is 26.9. The Morgan fingerprint density at radius 1 is 0.617 bits per heavy atom. The lowest BCUT2D eigenvalue weighted by Gasteiger charge is -2.28. The third kappa shape index (κ3) is 15.6. The number of hydrogen-bond acceptors (Lipinski definition) is 12. The molecule has 0 heterocycles. The summed E-state index contributed by atoms with van der Waals surface area (Å²) >= 11 is 0. The SMILES string of the molecule is CC(C)C[C@H](NC(=O)[C@@H](NC(=O)[C@H](CO)NC(=O)[C@H](C)NC(=O)[C@H](C)N)[C@@H](C)O)C(=O)N[C@@H](CCC(N)=O)C(=O)N[C@@H](CO)C(=O)O. The van der Waals surface area contributed by atoms with Gasteiger partial charge >= 0.3 is 5.97 Å². The number of nitrogens with two attached hydrogens (primary N) is 2. The Morgan fingerprint density at radius 2 is 1.09 bits per heavy atom. The molecule has 0 unspecified atom stereocenters. The number of carbonyl (C=O) groups is 8. The second-order valence-electron chi connectivity index (χ2n) is 11.3. The van der Waals surface area contributed by atoms with E-state index in [-0.39, 0.29) is 18.8 Å². The van der Waals surface area contributed by atoms with E-state index >= 15 is 0 Å². The molecular weight excluding hydrogens is 628 g/mol. The molecule has 0 radical (unpaired) electrons. The van der Waals surface area contributed by atoms with E-state index in [1.54, 1.807) is 13.8 Å². The van der Waals surface area contributed by atoms with Crippen molar-refractivity contribution in [1.82, 2.24) is 31.9 Å². The van der Waals surface area contributed by atoms with Crippen LogP contribution >= 0.6 is 0 Å². The van der Waals surface area contributed by atoms with Crippen LogP contribution in [0.25, 0.3) is 0 Å². The highest BCUT2D eigenvalue weighted by molar-refractivity contribution is 5.97. The molecule has 0 aromatic carbocycles. The molecule has 0 saturated carbocycles. The zero-order valence-corrected chi connectivity index (χ0v) is 26.9. The van der Waals surface area contributed by atoms with Gasteiger partial charge in [0.05, 0.1) is 25.4 Å². The lowest BCUT2D eigenvalue weighted by atomic mass is 10.0. The third-order valence-electron chi connectivity index (χ3n) is 6.49. The van der Waals surface area contributed by atoms with Gasteiger partial charge in [-0.05, 0) is 39.5 Å². The maximum Gasteiger partial charge on any atom is 0.328 e. The van der Waals surface area contributed by atoms with Crippen molar-refractivity contribution < 1.29 is 58.8 Å². The summed E-state index contributed by atoms with van der Waals surface area (Å²) in [6.07, 6.45) is -2.36. The van der Waals surface area contributed by atoms with Gasteiger partial charge in [0.25, 0.3) is 0 Å². The summed E-state index contributed by atoms with van der Waals surface area (Å²) in [6, 6.07) is -10.1. The Kier molecular flexibility index (Phi) is 18.7. The molecule has 268 valence electrons. The molecule has 0 aromatic rings. The van der Waals surface area contributed by atoms with Gasteiger partial charge in [-0.15, -0.1) is 0 Å². The van der Waals surface area contributed by atoms with Gasteiger partial charge < -0.3 is 63.8 Å². The summed E-state index contributed by atoms with van der Waals surface area (Å²) in [5, 5.41) is 51.8. The Bertz CT molecular complexity index is 1130. The first-order valence-electron chi connectivity index (χ1n) is 14.7. The number of nitrogens with one attached hydrogen (secondary N) is 6. The molecule has 20 heteroatoms. The highest BCUT2D eigenvalue weighted by Gasteiger charge is 2.34. The minimum Gasteiger partial charge on any atom is -0.480 e. The number of carboxylic acids is 1. The van der Waals surface area contributed by atoms with Crippen LogP contribution in [-0.4, -0.2) is 129 Å². The molecule has 0 fully saturated rings. The number of amides is 7. The van der Waals surface area contributed by atoms with Crippen LogP contribution in [0.3, 0.4) is 0 Å². The van der Waals surface area contributed by atoms with Crippen LogP contribution in [0.2, 0.25) is 0 Å². The maximum atomic E-state index is 13.3. The number of aliphatic hydroxyl groups excluding tert-OH is 3. The molecule has 0 aromatic heterocycles. The summed E-state index contributed by atoms with van der Waals surface area (Å²) in [7, 11) is 0. The van der Waals surface area contributed by atoms with Gasteiger partial charge in [0.15, 0.2) is 0 Å². The summed E-state index contributed by atoms with van der Waals surface area (Å²) < 4.78 is 0. The van der Waals surface area contributed by atoms with Gasteiger partial charge in [0, 0.05) is 6.42 Å². The first-order chi connectivity index (χ1) is 21.7. The lowest BCUT2D eigenvalue weighted by molar-refractivity contribution is -0.143. The summed E-state index contributed by atoms with van der Waals surface area (Å²) in [5.41, 5.74) is 10.6. The molecule has 7 amide bonds. The molecule has 20 nitrogen and oxygen atoms in total. The molecular formula is C27H48N8O12. The Hall–Kier alpha value is -4.40. The second-order valence-corrected chi connectivity index (χ2v) is 11.3. The van der Waals surface area contributed by atoms with Gasteiger partial charge in [0.1, 0.15) is 36.3 Å². The Balaban J connectivity index is 5.88. The molecule has 47 heavy (non-hydrogen) atoms. The number of carbonyl (C=O) groups excluding carboxylic acids is 7. The first kappa shape index (κ1) is 42.6. The van der Waals surface area contributed by atoms with Crippen molar-refractivity contribution in [3.8, 4) is 0 Å². The van der Waals surface area contributed by atoms with Crippen LogP contribution in [0, 0.1) is 5.92 Å². The Morgan fingerprint density at radius 3 is 1.53 bits per heavy atom. The quantitative estimate of drug-likeness (QED) is 0.0539. The molecule has 0 aliphatic rings. The van der Waals surface area contributed by atoms with Gasteiger partial charge in [-0.25, -0.2) is 4.79 Å². The van der Waals surface area contributed by atoms with E-state index in [1.807, 2.05) is 5.32 Å². The van der Waals surface area contributed by atoms with E-state index < -0.39 is 115 Å². The summed E-state index contributed by atoms with van der Waals surface area (Å²) in [6.45, 7) is 5.31. The van der Waals surface area contributed by atoms with Gasteiger partial charge in [-0.3, -0.25) is 33.6 Å². The van der Waals surface area contributed by atoms with E-state index in [1.165, 1.54) is 13.8 Å². The average Bonchev–Trinajstić information content (AvgIpc) is 2.97.